The van der Waals surface area contributed by atoms with Gasteiger partial charge in [-0.3, -0.25) is 0 Å². The summed E-state index contributed by atoms with van der Waals surface area (Å²) >= 11 is 0. The summed E-state index contributed by atoms with van der Waals surface area (Å²) in [6.07, 6.45) is 5.54. The fraction of sp³-hybridized carbons (Fsp3) is 1.00. The van der Waals surface area contributed by atoms with Crippen LogP contribution in [0.4, 0.5) is 0 Å². The van der Waals surface area contributed by atoms with Gasteiger partial charge >= 0.3 is 0 Å². The quantitative estimate of drug-likeness (QED) is 0.737. The van der Waals surface area contributed by atoms with Gasteiger partial charge < -0.3 is 0 Å². The van der Waals surface area contributed by atoms with Crippen LogP contribution in [0.3, 0.4) is 0 Å². The zero-order valence-electron chi connectivity index (χ0n) is 9.12. The van der Waals surface area contributed by atoms with E-state index in [9.17, 15) is 8.42 Å². The summed E-state index contributed by atoms with van der Waals surface area (Å²) in [6.45, 7) is 3.93. The predicted molar refractivity (Wildman–Crippen MR) is 58.6 cm³/mol. The molecule has 1 aliphatic rings. The molecule has 0 heterocycles. The van der Waals surface area contributed by atoms with Gasteiger partial charge in [-0.15, -0.1) is 0 Å². The zero-order chi connectivity index (χ0) is 10.6. The van der Waals surface area contributed by atoms with Crippen molar-refractivity contribution in [2.75, 3.05) is 5.75 Å². The second-order valence-corrected chi connectivity index (χ2v) is 6.37. The van der Waals surface area contributed by atoms with Crippen molar-refractivity contribution in [3.63, 3.8) is 0 Å². The molecule has 0 aromatic rings. The lowest BCUT2D eigenvalue weighted by Crippen LogP contribution is -2.35. The minimum atomic E-state index is -3.00. The highest BCUT2D eigenvalue weighted by atomic mass is 32.2. The average Bonchev–Trinajstić information content (AvgIpc) is 2.31. The normalized spacial score (nSPS) is 29.9. The molecule has 0 amide bonds. The van der Waals surface area contributed by atoms with Crippen LogP contribution in [-0.4, -0.2) is 20.2 Å². The second kappa shape index (κ2) is 5.12. The first kappa shape index (κ1) is 12.0. The molecule has 0 aromatic carbocycles. The molecule has 0 aliphatic heterocycles. The summed E-state index contributed by atoms with van der Waals surface area (Å²) in [4.78, 5) is 0. The number of hydrogen-bond acceptors (Lipinski definition) is 2. The molecule has 1 saturated carbocycles. The topological polar surface area (TPSA) is 46.2 Å². The van der Waals surface area contributed by atoms with Gasteiger partial charge in [0.1, 0.15) is 0 Å². The maximum absolute atomic E-state index is 11.4. The van der Waals surface area contributed by atoms with Gasteiger partial charge in [0.2, 0.25) is 10.0 Å². The molecule has 2 atom stereocenters. The Kier molecular flexibility index (Phi) is 4.38. The monoisotopic (exact) mass is 219 g/mol. The van der Waals surface area contributed by atoms with E-state index in [-0.39, 0.29) is 11.8 Å². The van der Waals surface area contributed by atoms with Gasteiger partial charge in [-0.05, 0) is 32.1 Å². The molecule has 0 radical (unpaired) electrons. The Morgan fingerprint density at radius 2 is 1.93 bits per heavy atom. The fourth-order valence-corrected chi connectivity index (χ4v) is 2.85. The van der Waals surface area contributed by atoms with E-state index in [2.05, 4.69) is 11.6 Å². The Morgan fingerprint density at radius 1 is 1.21 bits per heavy atom. The summed E-state index contributed by atoms with van der Waals surface area (Å²) < 4.78 is 25.5. The van der Waals surface area contributed by atoms with E-state index in [0.29, 0.717) is 0 Å². The fourth-order valence-electron chi connectivity index (χ4n) is 1.94. The Bertz CT molecular complexity index is 261. The molecule has 1 aliphatic carbocycles. The minimum Gasteiger partial charge on any atom is -0.212 e. The average molecular weight is 219 g/mol. The Hall–Kier alpha value is -0.0900. The second-order valence-electron chi connectivity index (χ2n) is 4.33. The van der Waals surface area contributed by atoms with E-state index < -0.39 is 10.0 Å². The van der Waals surface area contributed by atoms with Crippen molar-refractivity contribution in [1.82, 2.24) is 4.72 Å². The van der Waals surface area contributed by atoms with Gasteiger partial charge in [0.15, 0.2) is 0 Å². The van der Waals surface area contributed by atoms with Gasteiger partial charge in [-0.1, -0.05) is 19.8 Å². The first-order valence-corrected chi connectivity index (χ1v) is 7.18. The van der Waals surface area contributed by atoms with Crippen LogP contribution in [0.25, 0.3) is 0 Å². The van der Waals surface area contributed by atoms with Gasteiger partial charge in [-0.25, -0.2) is 13.1 Å². The summed E-state index contributed by atoms with van der Waals surface area (Å²) in [7, 11) is -3.00. The molecular weight excluding hydrogens is 198 g/mol. The molecule has 0 aromatic heterocycles. The van der Waals surface area contributed by atoms with E-state index in [1.807, 2.05) is 0 Å². The molecule has 0 bridgehead atoms. The molecule has 2 unspecified atom stereocenters. The molecule has 1 N–H and O–H groups in total. The van der Waals surface area contributed by atoms with Crippen LogP contribution in [0.1, 0.15) is 46.0 Å². The standard InChI is InChI=1S/C10H21NO2S/c1-3-14(12,13)11-10-6-4-5-9(2)7-8-10/h9-11H,3-8H2,1-2H3. The molecule has 1 rings (SSSR count). The van der Waals surface area contributed by atoms with Crippen molar-refractivity contribution >= 4 is 10.0 Å². The van der Waals surface area contributed by atoms with Crippen LogP contribution < -0.4 is 4.72 Å². The van der Waals surface area contributed by atoms with Crippen molar-refractivity contribution in [3.8, 4) is 0 Å². The molecule has 1 fully saturated rings. The van der Waals surface area contributed by atoms with E-state index >= 15 is 0 Å². The number of rotatable bonds is 3. The van der Waals surface area contributed by atoms with Crippen LogP contribution in [0.15, 0.2) is 0 Å². The van der Waals surface area contributed by atoms with Crippen LogP contribution >= 0.6 is 0 Å². The van der Waals surface area contributed by atoms with E-state index in [0.717, 1.165) is 31.6 Å². The predicted octanol–water partition coefficient (Wildman–Crippen LogP) is 1.89. The first-order valence-electron chi connectivity index (χ1n) is 5.53. The molecule has 14 heavy (non-hydrogen) atoms. The molecule has 0 saturated heterocycles. The van der Waals surface area contributed by atoms with Gasteiger partial charge in [0, 0.05) is 6.04 Å². The number of hydrogen-bond donors (Lipinski definition) is 1. The lowest BCUT2D eigenvalue weighted by atomic mass is 10.0. The Morgan fingerprint density at radius 3 is 2.57 bits per heavy atom. The summed E-state index contributed by atoms with van der Waals surface area (Å²) in [5, 5.41) is 0. The number of sulfonamides is 1. The van der Waals surface area contributed by atoms with E-state index in [4.69, 9.17) is 0 Å². The van der Waals surface area contributed by atoms with E-state index in [1.165, 1.54) is 6.42 Å². The van der Waals surface area contributed by atoms with Crippen LogP contribution in [0.2, 0.25) is 0 Å². The van der Waals surface area contributed by atoms with Crippen LogP contribution in [-0.2, 0) is 10.0 Å². The Labute approximate surface area is 87.3 Å². The van der Waals surface area contributed by atoms with Crippen molar-refractivity contribution < 1.29 is 8.42 Å². The van der Waals surface area contributed by atoms with Crippen molar-refractivity contribution in [2.24, 2.45) is 5.92 Å². The van der Waals surface area contributed by atoms with Crippen molar-refractivity contribution in [3.05, 3.63) is 0 Å². The third-order valence-corrected chi connectivity index (χ3v) is 4.44. The van der Waals surface area contributed by atoms with Crippen molar-refractivity contribution in [1.29, 1.82) is 0 Å². The summed E-state index contributed by atoms with van der Waals surface area (Å²) in [5.74, 6) is 0.949. The molecule has 3 nitrogen and oxygen atoms in total. The molecule has 0 spiro atoms. The maximum Gasteiger partial charge on any atom is 0.211 e. The third-order valence-electron chi connectivity index (χ3n) is 2.98. The maximum atomic E-state index is 11.4. The van der Waals surface area contributed by atoms with Gasteiger partial charge in [0.25, 0.3) is 0 Å². The minimum absolute atomic E-state index is 0.185. The molecule has 84 valence electrons. The first-order chi connectivity index (χ1) is 6.53. The SMILES string of the molecule is CCS(=O)(=O)NC1CCCC(C)CC1. The Balaban J connectivity index is 2.45. The lowest BCUT2D eigenvalue weighted by Gasteiger charge is -2.15. The van der Waals surface area contributed by atoms with Gasteiger partial charge in [-0.2, -0.15) is 0 Å². The van der Waals surface area contributed by atoms with Gasteiger partial charge in [0.05, 0.1) is 5.75 Å². The molecular formula is C10H21NO2S. The van der Waals surface area contributed by atoms with Crippen LogP contribution in [0.5, 0.6) is 0 Å². The highest BCUT2D eigenvalue weighted by molar-refractivity contribution is 7.89. The lowest BCUT2D eigenvalue weighted by molar-refractivity contribution is 0.485. The van der Waals surface area contributed by atoms with E-state index in [1.54, 1.807) is 6.92 Å². The highest BCUT2D eigenvalue weighted by Gasteiger charge is 2.19. The summed E-state index contributed by atoms with van der Waals surface area (Å²) in [6, 6.07) is 0.185. The number of nitrogens with one attached hydrogen (secondary N) is 1. The largest absolute Gasteiger partial charge is 0.212 e. The third kappa shape index (κ3) is 3.96. The van der Waals surface area contributed by atoms with Crippen LogP contribution in [0, 0.1) is 5.92 Å². The summed E-state index contributed by atoms with van der Waals surface area (Å²) in [5.41, 5.74) is 0. The van der Waals surface area contributed by atoms with Crippen molar-refractivity contribution in [2.45, 2.75) is 52.0 Å². The zero-order valence-corrected chi connectivity index (χ0v) is 9.94. The highest BCUT2D eigenvalue weighted by Crippen LogP contribution is 2.22. The smallest absolute Gasteiger partial charge is 0.211 e. The molecule has 4 heteroatoms.